The minimum absolute atomic E-state index is 0.0257. The van der Waals surface area contributed by atoms with Crippen LogP contribution in [0.2, 0.25) is 0 Å². The Morgan fingerprint density at radius 3 is 1.15 bits per heavy atom. The highest BCUT2D eigenvalue weighted by Gasteiger charge is 2.37. The number of methoxy groups -OCH3 is 6. The minimum Gasteiger partial charge on any atom is -0.487 e. The van der Waals surface area contributed by atoms with E-state index in [0.717, 1.165) is 27.8 Å². The predicted octanol–water partition coefficient (Wildman–Crippen LogP) is 10.1. The van der Waals surface area contributed by atoms with E-state index in [1.807, 2.05) is 39.0 Å². The second-order valence-electron chi connectivity index (χ2n) is 28.0. The summed E-state index contributed by atoms with van der Waals surface area (Å²) in [7, 11) is 9.68. The number of carbonyl (C=O) groups excluding carboxylic acids is 3. The maximum Gasteiger partial charge on any atom is 0.340 e. The van der Waals surface area contributed by atoms with Crippen molar-refractivity contribution >= 4 is 50.9 Å². The zero-order chi connectivity index (χ0) is 86.0. The van der Waals surface area contributed by atoms with Gasteiger partial charge in [-0.05, 0) is 109 Å². The normalized spacial score (nSPS) is 13.7. The number of benzene rings is 2. The van der Waals surface area contributed by atoms with Gasteiger partial charge in [0.15, 0.2) is 28.8 Å². The number of hydrogen-bond acceptors (Lipinski definition) is 31. The molecule has 2 N–H and O–H groups in total. The van der Waals surface area contributed by atoms with Crippen LogP contribution in [0, 0.1) is 13.8 Å². The highest BCUT2D eigenvalue weighted by atomic mass is 16.6. The van der Waals surface area contributed by atoms with Gasteiger partial charge in [0.25, 0.3) is 0 Å². The van der Waals surface area contributed by atoms with E-state index in [1.54, 1.807) is 66.9 Å². The lowest BCUT2D eigenvalue weighted by molar-refractivity contribution is -0.145. The fourth-order valence-electron chi connectivity index (χ4n) is 13.3. The number of nitrogens with one attached hydrogen (secondary N) is 2. The van der Waals surface area contributed by atoms with Crippen LogP contribution in [-0.4, -0.2) is 318 Å². The molecule has 3 aromatic heterocycles. The van der Waals surface area contributed by atoms with E-state index < -0.39 is 11.9 Å². The van der Waals surface area contributed by atoms with Crippen molar-refractivity contribution in [2.45, 2.75) is 85.4 Å². The molecule has 3 aliphatic rings. The molecule has 33 nitrogen and oxygen atoms in total. The van der Waals surface area contributed by atoms with E-state index in [1.165, 1.54) is 0 Å². The molecule has 2 aromatic carbocycles. The van der Waals surface area contributed by atoms with Gasteiger partial charge >= 0.3 is 11.9 Å². The molecular weight excluding hydrogens is 1580 g/mol. The summed E-state index contributed by atoms with van der Waals surface area (Å²) in [6.07, 6.45) is 0.993. The van der Waals surface area contributed by atoms with Crippen LogP contribution < -0.4 is 28.4 Å². The number of esters is 2. The number of ketones is 1. The van der Waals surface area contributed by atoms with Gasteiger partial charge in [0.05, 0.1) is 232 Å². The highest BCUT2D eigenvalue weighted by molar-refractivity contribution is 6.13. The molecular formula is C88H128N4O29. The van der Waals surface area contributed by atoms with Crippen LogP contribution in [0.1, 0.15) is 123 Å². The highest BCUT2D eigenvalue weighted by Crippen LogP contribution is 2.46. The van der Waals surface area contributed by atoms with E-state index in [9.17, 15) is 9.59 Å². The van der Waals surface area contributed by atoms with Crippen molar-refractivity contribution in [3.63, 3.8) is 0 Å². The molecule has 0 saturated carbocycles. The Bertz CT molecular complexity index is 4010. The molecule has 5 aromatic rings. The van der Waals surface area contributed by atoms with Gasteiger partial charge in [-0.1, -0.05) is 13.8 Å². The Hall–Kier alpha value is -8.01. The summed E-state index contributed by atoms with van der Waals surface area (Å²) in [6, 6.07) is 12.8. The number of Topliss-reactive ketones (excluding diaryl/α,β-unsaturated/α-hetero) is 1. The van der Waals surface area contributed by atoms with Crippen LogP contribution in [0.5, 0.6) is 34.5 Å². The van der Waals surface area contributed by atoms with Crippen molar-refractivity contribution in [1.29, 1.82) is 0 Å². The Morgan fingerprint density at radius 1 is 0.405 bits per heavy atom. The van der Waals surface area contributed by atoms with Crippen LogP contribution in [0.25, 0.3) is 33.2 Å². The first-order valence-electron chi connectivity index (χ1n) is 41.6. The monoisotopic (exact) mass is 1700 g/mol. The molecule has 1 aliphatic carbocycles. The molecule has 8 bridgehead atoms. The van der Waals surface area contributed by atoms with Crippen molar-refractivity contribution in [3.8, 4) is 34.5 Å². The van der Waals surface area contributed by atoms with E-state index in [2.05, 4.69) is 23.8 Å². The molecule has 0 fully saturated rings. The molecule has 5 heterocycles. The smallest absolute Gasteiger partial charge is 0.340 e. The molecule has 8 rings (SSSR count). The maximum absolute atomic E-state index is 15.3. The van der Waals surface area contributed by atoms with Crippen molar-refractivity contribution in [1.82, 2.24) is 19.9 Å². The molecule has 121 heavy (non-hydrogen) atoms. The Balaban J connectivity index is 1.09. The van der Waals surface area contributed by atoms with Crippen LogP contribution in [0.3, 0.4) is 0 Å². The third-order valence-corrected chi connectivity index (χ3v) is 19.6. The number of allylic oxidation sites excluding steroid dienone is 2. The summed E-state index contributed by atoms with van der Waals surface area (Å²) in [5, 5.41) is 0. The fraction of sp³-hybridized carbons (Fsp3) is 0.625. The molecule has 674 valence electrons. The molecule has 0 saturated heterocycles. The van der Waals surface area contributed by atoms with Gasteiger partial charge in [0, 0.05) is 95.2 Å². The Kier molecular flexibility index (Phi) is 46.7. The summed E-state index contributed by atoms with van der Waals surface area (Å²) in [5.74, 6) is -0.0433. The van der Waals surface area contributed by atoms with Gasteiger partial charge < -0.3 is 133 Å². The van der Waals surface area contributed by atoms with Crippen LogP contribution in [0.15, 0.2) is 42.5 Å². The topological polar surface area (TPSA) is 349 Å². The summed E-state index contributed by atoms with van der Waals surface area (Å²) in [5.41, 5.74) is 11.0. The lowest BCUT2D eigenvalue weighted by Crippen LogP contribution is -2.16. The lowest BCUT2D eigenvalue weighted by Gasteiger charge is -2.19. The van der Waals surface area contributed by atoms with Gasteiger partial charge in [-0.3, -0.25) is 14.6 Å². The third kappa shape index (κ3) is 32.9. The number of fused-ring (bicyclic) bond motifs is 8. The average molecular weight is 1710 g/mol. The van der Waals surface area contributed by atoms with Gasteiger partial charge in [-0.2, -0.15) is 0 Å². The molecule has 0 amide bonds. The largest absolute Gasteiger partial charge is 0.487 e. The van der Waals surface area contributed by atoms with Crippen LogP contribution in [0.4, 0.5) is 0 Å². The lowest BCUT2D eigenvalue weighted by atomic mass is 9.85. The van der Waals surface area contributed by atoms with E-state index in [0.29, 0.717) is 261 Å². The van der Waals surface area contributed by atoms with Crippen molar-refractivity contribution in [2.75, 3.05) is 281 Å². The molecule has 2 aliphatic heterocycles. The third-order valence-electron chi connectivity index (χ3n) is 19.6. The minimum atomic E-state index is -0.636. The molecule has 0 spiro atoms. The number of rotatable bonds is 69. The first-order chi connectivity index (χ1) is 59.3. The zero-order valence-electron chi connectivity index (χ0n) is 72.6. The molecule has 33 heteroatoms. The van der Waals surface area contributed by atoms with Crippen LogP contribution in [-0.2, 0) is 119 Å². The quantitative estimate of drug-likeness (QED) is 0.0270. The fourth-order valence-corrected chi connectivity index (χ4v) is 13.3. The summed E-state index contributed by atoms with van der Waals surface area (Å²) < 4.78 is 150. The van der Waals surface area contributed by atoms with Crippen LogP contribution >= 0.6 is 0 Å². The number of aromatic amines is 2. The standard InChI is InChI=1S/C88H128N4O29/c1-12-67-61(2)70-58-75-82(88(95)121-60-66-53-79(116-47-41-110-35-29-104-23-17-98-8)87(119-50-44-113-38-32-107-26-20-101-11)80(54-66)117-48-42-111-36-30-105-24-18-99-9)63(4)72(90-75)56-71-62(3)68(84(91-71)69-55-76(93)83-64(5)73(92-85(69)83)57-74(67)89-70)13-14-81(94)120-59-65-51-77(114-45-39-108-33-27-102-21-15-96-6)86(118-49-43-112-37-31-106-25-19-100-10)78(52-65)115-46-40-109-34-28-103-22-16-97-7/h51-54,56-58,62,68,90,92H,12-50,55,59-60H2,1-11H3/t62-,68-/m0/s1. The number of aromatic nitrogens is 4. The van der Waals surface area contributed by atoms with E-state index in [4.69, 9.17) is 133 Å². The number of H-pyrrole nitrogens is 2. The van der Waals surface area contributed by atoms with Gasteiger partial charge in [0.1, 0.15) is 52.9 Å². The number of nitrogens with zero attached hydrogens (tertiary/aromatic N) is 2. The number of ether oxygens (including phenoxy) is 26. The molecule has 0 unspecified atom stereocenters. The Labute approximate surface area is 709 Å². The summed E-state index contributed by atoms with van der Waals surface area (Å²) >= 11 is 0. The maximum atomic E-state index is 15.3. The number of hydrogen-bond donors (Lipinski definition) is 2. The first kappa shape index (κ1) is 98.4. The molecule has 2 atom stereocenters. The van der Waals surface area contributed by atoms with Crippen molar-refractivity contribution < 1.29 is 138 Å². The first-order valence-corrected chi connectivity index (χ1v) is 41.6. The molecule has 0 radical (unpaired) electrons. The second kappa shape index (κ2) is 57.4. The van der Waals surface area contributed by atoms with E-state index in [-0.39, 0.29) is 135 Å². The predicted molar refractivity (Wildman–Crippen MR) is 448 cm³/mol. The second-order valence-corrected chi connectivity index (χ2v) is 28.0. The number of carbonyl (C=O) groups is 3. The zero-order valence-corrected chi connectivity index (χ0v) is 72.6. The summed E-state index contributed by atoms with van der Waals surface area (Å²) in [6.45, 7) is 21.2. The van der Waals surface area contributed by atoms with Gasteiger partial charge in [-0.25, -0.2) is 9.78 Å². The number of aryl methyl sites for hydroxylation is 2. The van der Waals surface area contributed by atoms with E-state index >= 15 is 4.79 Å². The average Bonchev–Trinajstić information content (AvgIpc) is 1.58. The van der Waals surface area contributed by atoms with Crippen molar-refractivity contribution in [2.24, 2.45) is 0 Å². The SMILES string of the molecule is CCC1=C(C)c2cc3[nH]c(cc4nc(c5c6[nH]c(cc1n2)c(C)c6C(=O)C5)[C@@H](CCC(=O)OCc1cc(OCCOCCOCCOC)c(OCCOCCOCCOC)c(OCCOCCOCCOC)c1)[C@@H]4C)c(C)c3C(=O)OCc1cc(OCCOCCOCCOC)c(OCCOCCOCCOC)c(OCCOCCOCCOC)c1. The Morgan fingerprint density at radius 2 is 0.760 bits per heavy atom. The summed E-state index contributed by atoms with van der Waals surface area (Å²) in [4.78, 5) is 62.1. The van der Waals surface area contributed by atoms with Gasteiger partial charge in [-0.15, -0.1) is 0 Å². The van der Waals surface area contributed by atoms with Crippen molar-refractivity contribution in [3.05, 3.63) is 104 Å². The van der Waals surface area contributed by atoms with Gasteiger partial charge in [0.2, 0.25) is 11.5 Å².